The van der Waals surface area contributed by atoms with Crippen LogP contribution < -0.4 is 4.74 Å². The van der Waals surface area contributed by atoms with Gasteiger partial charge in [0.05, 0.1) is 17.3 Å². The second-order valence-electron chi connectivity index (χ2n) is 5.78. The summed E-state index contributed by atoms with van der Waals surface area (Å²) in [4.78, 5) is 4.41. The van der Waals surface area contributed by atoms with E-state index in [4.69, 9.17) is 16.3 Å². The minimum absolute atomic E-state index is 0.0369. The van der Waals surface area contributed by atoms with E-state index in [0.717, 1.165) is 5.69 Å². The molecule has 0 radical (unpaired) electrons. The van der Waals surface area contributed by atoms with Gasteiger partial charge in [0.1, 0.15) is 11.6 Å². The van der Waals surface area contributed by atoms with E-state index in [9.17, 15) is 9.50 Å². The Balaban J connectivity index is 2.36. The first-order chi connectivity index (χ1) is 9.79. The molecule has 112 valence electrons. The standard InChI is InChI=1S/C16H17ClFNO2/c1-16(2,3)14-6-10(9-20)7-15(19-14)21-11-4-5-12(17)13(18)8-11/h4-8,20H,9H2,1-3H3. The molecule has 0 saturated carbocycles. The molecule has 0 bridgehead atoms. The Labute approximate surface area is 128 Å². The largest absolute Gasteiger partial charge is 0.439 e. The van der Waals surface area contributed by atoms with E-state index >= 15 is 0 Å². The first-order valence-electron chi connectivity index (χ1n) is 6.55. The minimum Gasteiger partial charge on any atom is -0.439 e. The Kier molecular flexibility index (Phi) is 4.49. The van der Waals surface area contributed by atoms with Crippen molar-refractivity contribution in [3.05, 3.63) is 52.4 Å². The Bertz CT molecular complexity index is 653. The van der Waals surface area contributed by atoms with Gasteiger partial charge in [0, 0.05) is 17.5 Å². The Hall–Kier alpha value is -1.65. The Morgan fingerprint density at radius 2 is 1.95 bits per heavy atom. The van der Waals surface area contributed by atoms with Gasteiger partial charge in [-0.3, -0.25) is 0 Å². The van der Waals surface area contributed by atoms with Gasteiger partial charge in [-0.1, -0.05) is 32.4 Å². The van der Waals surface area contributed by atoms with E-state index in [1.165, 1.54) is 12.1 Å². The zero-order valence-corrected chi connectivity index (χ0v) is 12.9. The molecule has 0 aliphatic heterocycles. The molecule has 1 aromatic carbocycles. The monoisotopic (exact) mass is 309 g/mol. The van der Waals surface area contributed by atoms with Crippen molar-refractivity contribution in [1.82, 2.24) is 4.98 Å². The van der Waals surface area contributed by atoms with Crippen LogP contribution in [0.5, 0.6) is 11.6 Å². The predicted octanol–water partition coefficient (Wildman–Crippen LogP) is 4.46. The lowest BCUT2D eigenvalue weighted by Crippen LogP contribution is -2.14. The molecule has 0 spiro atoms. The third-order valence-corrected chi connectivity index (χ3v) is 3.23. The molecule has 2 aromatic rings. The van der Waals surface area contributed by atoms with Crippen LogP contribution in [0.2, 0.25) is 5.02 Å². The normalized spacial score (nSPS) is 11.5. The number of aromatic nitrogens is 1. The fraction of sp³-hybridized carbons (Fsp3) is 0.312. The molecule has 0 atom stereocenters. The summed E-state index contributed by atoms with van der Waals surface area (Å²) in [5.74, 6) is 0.0658. The van der Waals surface area contributed by atoms with Gasteiger partial charge < -0.3 is 9.84 Å². The van der Waals surface area contributed by atoms with Gasteiger partial charge in [-0.25, -0.2) is 9.37 Å². The van der Waals surface area contributed by atoms with Gasteiger partial charge in [-0.15, -0.1) is 0 Å². The molecular formula is C16H17ClFNO2. The zero-order chi connectivity index (χ0) is 15.6. The topological polar surface area (TPSA) is 42.4 Å². The number of rotatable bonds is 3. The number of pyridine rings is 1. The maximum Gasteiger partial charge on any atom is 0.219 e. The second-order valence-corrected chi connectivity index (χ2v) is 6.19. The number of benzene rings is 1. The molecule has 0 amide bonds. The minimum atomic E-state index is -0.552. The van der Waals surface area contributed by atoms with Gasteiger partial charge in [-0.05, 0) is 23.8 Å². The van der Waals surface area contributed by atoms with Crippen molar-refractivity contribution < 1.29 is 14.2 Å². The van der Waals surface area contributed by atoms with Crippen molar-refractivity contribution in [2.75, 3.05) is 0 Å². The average Bonchev–Trinajstić information content (AvgIpc) is 2.41. The molecule has 3 nitrogen and oxygen atoms in total. The molecule has 0 fully saturated rings. The highest BCUT2D eigenvalue weighted by molar-refractivity contribution is 6.30. The van der Waals surface area contributed by atoms with Crippen LogP contribution in [-0.4, -0.2) is 10.1 Å². The van der Waals surface area contributed by atoms with Crippen LogP contribution in [0, 0.1) is 5.82 Å². The first-order valence-corrected chi connectivity index (χ1v) is 6.92. The highest BCUT2D eigenvalue weighted by Gasteiger charge is 2.18. The van der Waals surface area contributed by atoms with Crippen LogP contribution in [0.4, 0.5) is 4.39 Å². The molecule has 0 unspecified atom stereocenters. The molecule has 5 heteroatoms. The zero-order valence-electron chi connectivity index (χ0n) is 12.2. The van der Waals surface area contributed by atoms with Crippen LogP contribution in [0.25, 0.3) is 0 Å². The van der Waals surface area contributed by atoms with Crippen molar-refractivity contribution in [1.29, 1.82) is 0 Å². The van der Waals surface area contributed by atoms with Crippen LogP contribution in [-0.2, 0) is 12.0 Å². The highest BCUT2D eigenvalue weighted by atomic mass is 35.5. The van der Waals surface area contributed by atoms with Gasteiger partial charge in [0.25, 0.3) is 0 Å². The second kappa shape index (κ2) is 6.00. The number of halogens is 2. The lowest BCUT2D eigenvalue weighted by atomic mass is 9.91. The summed E-state index contributed by atoms with van der Waals surface area (Å²) in [6.07, 6.45) is 0. The molecule has 1 N–H and O–H groups in total. The molecule has 1 heterocycles. The van der Waals surface area contributed by atoms with Crippen molar-refractivity contribution in [3.63, 3.8) is 0 Å². The SMILES string of the molecule is CC(C)(C)c1cc(CO)cc(Oc2ccc(Cl)c(F)c2)n1. The molecule has 2 rings (SSSR count). The Morgan fingerprint density at radius 3 is 2.52 bits per heavy atom. The average molecular weight is 310 g/mol. The summed E-state index contributed by atoms with van der Waals surface area (Å²) in [7, 11) is 0. The molecule has 1 aromatic heterocycles. The summed E-state index contributed by atoms with van der Waals surface area (Å²) in [6.45, 7) is 5.93. The van der Waals surface area contributed by atoms with E-state index in [1.54, 1.807) is 12.1 Å². The number of ether oxygens (including phenoxy) is 1. The van der Waals surface area contributed by atoms with Gasteiger partial charge in [0.2, 0.25) is 5.88 Å². The van der Waals surface area contributed by atoms with Crippen molar-refractivity contribution in [3.8, 4) is 11.6 Å². The van der Waals surface area contributed by atoms with Crippen molar-refractivity contribution >= 4 is 11.6 Å². The van der Waals surface area contributed by atoms with Crippen molar-refractivity contribution in [2.24, 2.45) is 0 Å². The van der Waals surface area contributed by atoms with Crippen LogP contribution in [0.15, 0.2) is 30.3 Å². The first kappa shape index (κ1) is 15.7. The Morgan fingerprint density at radius 1 is 1.24 bits per heavy atom. The fourth-order valence-corrected chi connectivity index (χ4v) is 1.87. The van der Waals surface area contributed by atoms with Crippen LogP contribution in [0.3, 0.4) is 0 Å². The smallest absolute Gasteiger partial charge is 0.219 e. The summed E-state index contributed by atoms with van der Waals surface area (Å²) in [5, 5.41) is 9.37. The molecule has 0 aliphatic carbocycles. The maximum absolute atomic E-state index is 13.4. The van der Waals surface area contributed by atoms with E-state index in [1.807, 2.05) is 26.8 Å². The number of aliphatic hydroxyl groups is 1. The lowest BCUT2D eigenvalue weighted by Gasteiger charge is -2.19. The lowest BCUT2D eigenvalue weighted by molar-refractivity contribution is 0.280. The summed E-state index contributed by atoms with van der Waals surface area (Å²) >= 11 is 5.64. The van der Waals surface area contributed by atoms with E-state index in [-0.39, 0.29) is 17.0 Å². The number of hydrogen-bond donors (Lipinski definition) is 1. The number of hydrogen-bond acceptors (Lipinski definition) is 3. The maximum atomic E-state index is 13.4. The van der Waals surface area contributed by atoms with E-state index < -0.39 is 5.82 Å². The highest BCUT2D eigenvalue weighted by Crippen LogP contribution is 2.28. The molecular weight excluding hydrogens is 293 g/mol. The van der Waals surface area contributed by atoms with E-state index in [0.29, 0.717) is 17.2 Å². The van der Waals surface area contributed by atoms with Crippen LogP contribution >= 0.6 is 11.6 Å². The third kappa shape index (κ3) is 3.93. The fourth-order valence-electron chi connectivity index (χ4n) is 1.75. The van der Waals surface area contributed by atoms with Gasteiger partial charge in [-0.2, -0.15) is 0 Å². The number of aliphatic hydroxyl groups excluding tert-OH is 1. The quantitative estimate of drug-likeness (QED) is 0.910. The predicted molar refractivity (Wildman–Crippen MR) is 80.3 cm³/mol. The summed E-state index contributed by atoms with van der Waals surface area (Å²) in [5.41, 5.74) is 1.30. The van der Waals surface area contributed by atoms with Gasteiger partial charge >= 0.3 is 0 Å². The number of nitrogens with zero attached hydrogens (tertiary/aromatic N) is 1. The summed E-state index contributed by atoms with van der Waals surface area (Å²) < 4.78 is 19.0. The molecule has 21 heavy (non-hydrogen) atoms. The summed E-state index contributed by atoms with van der Waals surface area (Å²) in [6, 6.07) is 7.64. The van der Waals surface area contributed by atoms with Crippen molar-refractivity contribution in [2.45, 2.75) is 32.8 Å². The van der Waals surface area contributed by atoms with Gasteiger partial charge in [0.15, 0.2) is 0 Å². The molecule has 0 aliphatic rings. The van der Waals surface area contributed by atoms with E-state index in [2.05, 4.69) is 4.98 Å². The molecule has 0 saturated heterocycles. The third-order valence-electron chi connectivity index (χ3n) is 2.93. The van der Waals surface area contributed by atoms with Crippen LogP contribution in [0.1, 0.15) is 32.0 Å².